The van der Waals surface area contributed by atoms with E-state index in [-0.39, 0.29) is 17.1 Å². The number of ether oxygens (including phenoxy) is 1. The van der Waals surface area contributed by atoms with Crippen LogP contribution in [0.2, 0.25) is 5.02 Å². The average molecular weight is 352 g/mol. The fraction of sp³-hybridized carbons (Fsp3) is 0.125. The Morgan fingerprint density at radius 2 is 1.83 bits per heavy atom. The molecule has 0 atom stereocenters. The second-order valence-corrected chi connectivity index (χ2v) is 5.14. The quantitative estimate of drug-likeness (QED) is 0.722. The smallest absolute Gasteiger partial charge is 0.272 e. The van der Waals surface area contributed by atoms with Crippen molar-refractivity contribution < 1.29 is 18.7 Å². The Kier molecular flexibility index (Phi) is 5.97. The molecule has 0 spiro atoms. The summed E-state index contributed by atoms with van der Waals surface area (Å²) in [5, 5.41) is 3.08. The van der Waals surface area contributed by atoms with Crippen LogP contribution in [0, 0.1) is 5.82 Å². The average Bonchev–Trinajstić information content (AvgIpc) is 2.60. The third-order valence-corrected chi connectivity index (χ3v) is 3.27. The molecule has 0 aliphatic rings. The molecular weight excluding hydrogens is 337 g/mol. The van der Waals surface area contributed by atoms with Gasteiger partial charge in [-0.25, -0.2) is 4.39 Å². The van der Waals surface area contributed by atoms with Gasteiger partial charge in [-0.1, -0.05) is 11.6 Å². The molecule has 0 fully saturated rings. The Labute approximate surface area is 142 Å². The van der Waals surface area contributed by atoms with Crippen molar-refractivity contribution >= 4 is 29.1 Å². The lowest BCUT2D eigenvalue weighted by molar-refractivity contribution is -0.120. The Morgan fingerprint density at radius 3 is 2.50 bits per heavy atom. The van der Waals surface area contributed by atoms with E-state index in [1.165, 1.54) is 12.1 Å². The molecule has 3 N–H and O–H groups in total. The van der Waals surface area contributed by atoms with E-state index < -0.39 is 17.6 Å². The van der Waals surface area contributed by atoms with Crippen molar-refractivity contribution in [3.05, 3.63) is 58.9 Å². The Morgan fingerprint density at radius 1 is 1.12 bits per heavy atom. The number of anilines is 1. The van der Waals surface area contributed by atoms with Gasteiger partial charge in [0, 0.05) is 10.7 Å². The zero-order valence-corrected chi connectivity index (χ0v) is 13.5. The topological polar surface area (TPSA) is 79.5 Å². The molecule has 2 amide bonds. The number of hydrogen-bond acceptors (Lipinski definition) is 4. The summed E-state index contributed by atoms with van der Waals surface area (Å²) in [4.78, 5) is 23.5. The highest BCUT2D eigenvalue weighted by Gasteiger charge is 2.13. The van der Waals surface area contributed by atoms with Crippen LogP contribution in [-0.2, 0) is 4.79 Å². The van der Waals surface area contributed by atoms with Crippen LogP contribution < -0.4 is 20.9 Å². The molecule has 0 radical (unpaired) electrons. The SMILES string of the molecule is COc1ccc(NCC(=O)NNC(=O)c2cc(Cl)ccc2F)cc1. The van der Waals surface area contributed by atoms with E-state index in [1.54, 1.807) is 31.4 Å². The van der Waals surface area contributed by atoms with E-state index in [1.807, 2.05) is 0 Å². The molecule has 0 aliphatic carbocycles. The van der Waals surface area contributed by atoms with Crippen molar-refractivity contribution in [2.45, 2.75) is 0 Å². The van der Waals surface area contributed by atoms with E-state index in [2.05, 4.69) is 16.2 Å². The van der Waals surface area contributed by atoms with Gasteiger partial charge in [0.25, 0.3) is 11.8 Å². The third-order valence-electron chi connectivity index (χ3n) is 3.03. The largest absolute Gasteiger partial charge is 0.497 e. The standard InChI is InChI=1S/C16H15ClFN3O3/c1-24-12-5-3-11(4-6-12)19-9-15(22)20-21-16(23)13-8-10(17)2-7-14(13)18/h2-8,19H,9H2,1H3,(H,20,22)(H,21,23). The molecule has 0 bridgehead atoms. The van der Waals surface area contributed by atoms with Crippen molar-refractivity contribution in [2.75, 3.05) is 19.0 Å². The van der Waals surface area contributed by atoms with E-state index in [4.69, 9.17) is 16.3 Å². The molecule has 0 heterocycles. The lowest BCUT2D eigenvalue weighted by atomic mass is 10.2. The maximum Gasteiger partial charge on any atom is 0.272 e. The Balaban J connectivity index is 1.82. The van der Waals surface area contributed by atoms with Crippen LogP contribution in [0.5, 0.6) is 5.75 Å². The van der Waals surface area contributed by atoms with Crippen molar-refractivity contribution in [2.24, 2.45) is 0 Å². The van der Waals surface area contributed by atoms with Crippen molar-refractivity contribution in [3.63, 3.8) is 0 Å². The number of hydrazine groups is 1. The first kappa shape index (κ1) is 17.6. The summed E-state index contributed by atoms with van der Waals surface area (Å²) in [6, 6.07) is 10.5. The summed E-state index contributed by atoms with van der Waals surface area (Å²) < 4.78 is 18.5. The summed E-state index contributed by atoms with van der Waals surface area (Å²) >= 11 is 5.71. The number of benzene rings is 2. The van der Waals surface area contributed by atoms with Gasteiger partial charge in [-0.2, -0.15) is 0 Å². The number of amides is 2. The van der Waals surface area contributed by atoms with Gasteiger partial charge in [-0.3, -0.25) is 20.4 Å². The second-order valence-electron chi connectivity index (χ2n) is 4.71. The minimum absolute atomic E-state index is 0.0787. The van der Waals surface area contributed by atoms with E-state index in [9.17, 15) is 14.0 Å². The number of carbonyl (C=O) groups is 2. The van der Waals surface area contributed by atoms with E-state index >= 15 is 0 Å². The maximum absolute atomic E-state index is 13.5. The number of methoxy groups -OCH3 is 1. The number of hydrogen-bond donors (Lipinski definition) is 3. The van der Waals surface area contributed by atoms with Crippen molar-refractivity contribution in [3.8, 4) is 5.75 Å². The number of nitrogens with one attached hydrogen (secondary N) is 3. The highest BCUT2D eigenvalue weighted by atomic mass is 35.5. The molecule has 0 aromatic heterocycles. The Bertz CT molecular complexity index is 738. The first-order valence-corrected chi connectivity index (χ1v) is 7.29. The molecule has 0 aliphatic heterocycles. The van der Waals surface area contributed by atoms with Crippen molar-refractivity contribution in [1.82, 2.24) is 10.9 Å². The summed E-state index contributed by atoms with van der Waals surface area (Å²) in [5.41, 5.74) is 4.76. The molecule has 6 nitrogen and oxygen atoms in total. The predicted octanol–water partition coefficient (Wildman–Crippen LogP) is 2.36. The summed E-state index contributed by atoms with van der Waals surface area (Å²) in [5.74, 6) is -1.34. The zero-order chi connectivity index (χ0) is 17.5. The molecule has 2 aromatic rings. The van der Waals surface area contributed by atoms with Crippen LogP contribution >= 0.6 is 11.6 Å². The molecule has 0 saturated heterocycles. The summed E-state index contributed by atoms with van der Waals surface area (Å²) in [6.07, 6.45) is 0. The van der Waals surface area contributed by atoms with Gasteiger partial charge in [0.15, 0.2) is 0 Å². The zero-order valence-electron chi connectivity index (χ0n) is 12.7. The Hall–Kier alpha value is -2.80. The van der Waals surface area contributed by atoms with Crippen LogP contribution in [0.1, 0.15) is 10.4 Å². The number of carbonyl (C=O) groups excluding carboxylic acids is 2. The molecule has 2 aromatic carbocycles. The first-order valence-electron chi connectivity index (χ1n) is 6.92. The van der Waals surface area contributed by atoms with Gasteiger partial charge in [-0.15, -0.1) is 0 Å². The van der Waals surface area contributed by atoms with Gasteiger partial charge in [0.2, 0.25) is 0 Å². The normalized spacial score (nSPS) is 9.96. The monoisotopic (exact) mass is 351 g/mol. The molecule has 24 heavy (non-hydrogen) atoms. The fourth-order valence-corrected chi connectivity index (χ4v) is 1.97. The van der Waals surface area contributed by atoms with Crippen LogP contribution in [0.25, 0.3) is 0 Å². The first-order chi connectivity index (χ1) is 11.5. The number of rotatable bonds is 5. The third kappa shape index (κ3) is 4.85. The summed E-state index contributed by atoms with van der Waals surface area (Å²) in [7, 11) is 1.56. The molecule has 8 heteroatoms. The molecule has 0 unspecified atom stereocenters. The lowest BCUT2D eigenvalue weighted by Crippen LogP contribution is -2.44. The highest BCUT2D eigenvalue weighted by molar-refractivity contribution is 6.31. The highest BCUT2D eigenvalue weighted by Crippen LogP contribution is 2.15. The predicted molar refractivity (Wildman–Crippen MR) is 88.5 cm³/mol. The van der Waals surface area contributed by atoms with Gasteiger partial charge >= 0.3 is 0 Å². The number of halogens is 2. The molecule has 0 saturated carbocycles. The minimum Gasteiger partial charge on any atom is -0.497 e. The minimum atomic E-state index is -0.798. The molecule has 2 rings (SSSR count). The van der Waals surface area contributed by atoms with Crippen molar-refractivity contribution in [1.29, 1.82) is 0 Å². The van der Waals surface area contributed by atoms with Gasteiger partial charge in [0.05, 0.1) is 19.2 Å². The maximum atomic E-state index is 13.5. The van der Waals surface area contributed by atoms with Gasteiger partial charge < -0.3 is 10.1 Å². The van der Waals surface area contributed by atoms with E-state index in [0.717, 1.165) is 6.07 Å². The summed E-state index contributed by atoms with van der Waals surface area (Å²) in [6.45, 7) is -0.0787. The van der Waals surface area contributed by atoms with Crippen LogP contribution in [0.15, 0.2) is 42.5 Å². The fourth-order valence-electron chi connectivity index (χ4n) is 1.80. The molecule has 126 valence electrons. The van der Waals surface area contributed by atoms with E-state index in [0.29, 0.717) is 11.4 Å². The molecular formula is C16H15ClFN3O3. The van der Waals surface area contributed by atoms with Crippen LogP contribution in [0.4, 0.5) is 10.1 Å². The van der Waals surface area contributed by atoms with Gasteiger partial charge in [-0.05, 0) is 42.5 Å². The van der Waals surface area contributed by atoms with Gasteiger partial charge in [0.1, 0.15) is 11.6 Å². The second kappa shape index (κ2) is 8.16. The van der Waals surface area contributed by atoms with Crippen LogP contribution in [-0.4, -0.2) is 25.5 Å². The lowest BCUT2D eigenvalue weighted by Gasteiger charge is -2.10. The van der Waals surface area contributed by atoms with Crippen LogP contribution in [0.3, 0.4) is 0 Å².